The molecule has 0 saturated carbocycles. The lowest BCUT2D eigenvalue weighted by molar-refractivity contribution is 0.121. The fourth-order valence-electron chi connectivity index (χ4n) is 1.86. The first-order valence-electron chi connectivity index (χ1n) is 7.94. The second kappa shape index (κ2) is 10.2. The van der Waals surface area contributed by atoms with Crippen molar-refractivity contribution in [3.63, 3.8) is 0 Å². The summed E-state index contributed by atoms with van der Waals surface area (Å²) in [5.41, 5.74) is 0.359. The highest BCUT2D eigenvalue weighted by atomic mass is 16.7. The number of pyridine rings is 1. The molecule has 29 heavy (non-hydrogen) atoms. The number of carbonyl (C=O) groups is 3. The van der Waals surface area contributed by atoms with Gasteiger partial charge in [-0.05, 0) is 24.3 Å². The fraction of sp³-hybridized carbons (Fsp3) is 0.176. The summed E-state index contributed by atoms with van der Waals surface area (Å²) in [5.74, 6) is 0.167. The van der Waals surface area contributed by atoms with E-state index in [1.54, 1.807) is 18.2 Å². The molecule has 2 aromatic rings. The number of anilines is 2. The number of carbonyl (C=O) groups excluding carboxylic acids is 3. The number of ether oxygens (including phenoxy) is 4. The van der Waals surface area contributed by atoms with E-state index in [1.807, 2.05) is 0 Å². The molecule has 0 bridgehead atoms. The molecule has 2 N–H and O–H groups in total. The lowest BCUT2D eigenvalue weighted by Gasteiger charge is -2.09. The van der Waals surface area contributed by atoms with Gasteiger partial charge in [0, 0.05) is 0 Å². The van der Waals surface area contributed by atoms with E-state index in [4.69, 9.17) is 4.74 Å². The molecule has 0 radical (unpaired) electrons. The number of hydrogen-bond donors (Lipinski definition) is 2. The quantitative estimate of drug-likeness (QED) is 0.329. The van der Waals surface area contributed by atoms with Crippen molar-refractivity contribution in [2.75, 3.05) is 32.0 Å². The second-order valence-electron chi connectivity index (χ2n) is 5.02. The molecule has 0 atom stereocenters. The molecular formula is C17H17N5O7. The number of amides is 2. The minimum Gasteiger partial charge on any atom is -0.453 e. The van der Waals surface area contributed by atoms with Gasteiger partial charge in [-0.3, -0.25) is 10.6 Å². The van der Waals surface area contributed by atoms with Crippen molar-refractivity contribution < 1.29 is 33.3 Å². The van der Waals surface area contributed by atoms with Gasteiger partial charge in [-0.1, -0.05) is 12.1 Å². The van der Waals surface area contributed by atoms with Crippen LogP contribution in [0.1, 0.15) is 0 Å². The first-order chi connectivity index (χ1) is 14.0. The smallest absolute Gasteiger partial charge is 0.453 e. The lowest BCUT2D eigenvalue weighted by atomic mass is 10.3. The zero-order valence-corrected chi connectivity index (χ0v) is 15.7. The van der Waals surface area contributed by atoms with Crippen molar-refractivity contribution in [3.8, 4) is 5.75 Å². The van der Waals surface area contributed by atoms with E-state index in [0.29, 0.717) is 0 Å². The van der Waals surface area contributed by atoms with E-state index in [9.17, 15) is 14.4 Å². The SMILES string of the molecule is COC(=O)Nc1ccc(/N=N/c2ccccc2OC(=O)OC)c(NC(=O)OC)n1. The number of para-hydroxylation sites is 1. The van der Waals surface area contributed by atoms with Crippen molar-refractivity contribution in [1.82, 2.24) is 4.98 Å². The van der Waals surface area contributed by atoms with Crippen LogP contribution < -0.4 is 15.4 Å². The molecule has 2 rings (SSSR count). The molecule has 0 fully saturated rings. The summed E-state index contributed by atoms with van der Waals surface area (Å²) in [6.45, 7) is 0. The molecule has 0 spiro atoms. The predicted molar refractivity (Wildman–Crippen MR) is 99.9 cm³/mol. The van der Waals surface area contributed by atoms with Gasteiger partial charge in [-0.2, -0.15) is 0 Å². The number of azo groups is 1. The van der Waals surface area contributed by atoms with Gasteiger partial charge >= 0.3 is 18.3 Å². The summed E-state index contributed by atoms with van der Waals surface area (Å²) in [5, 5.41) is 12.7. The normalized spacial score (nSPS) is 10.2. The van der Waals surface area contributed by atoms with Crippen LogP contribution in [0, 0.1) is 0 Å². The molecular weight excluding hydrogens is 386 g/mol. The average Bonchev–Trinajstić information content (AvgIpc) is 2.73. The first kappa shape index (κ1) is 21.1. The summed E-state index contributed by atoms with van der Waals surface area (Å²) in [4.78, 5) is 38.3. The van der Waals surface area contributed by atoms with E-state index >= 15 is 0 Å². The van der Waals surface area contributed by atoms with Crippen molar-refractivity contribution in [1.29, 1.82) is 0 Å². The van der Waals surface area contributed by atoms with Gasteiger partial charge < -0.3 is 18.9 Å². The number of hydrogen-bond acceptors (Lipinski definition) is 10. The van der Waals surface area contributed by atoms with Crippen molar-refractivity contribution in [2.45, 2.75) is 0 Å². The van der Waals surface area contributed by atoms with Gasteiger partial charge in [0.25, 0.3) is 0 Å². The van der Waals surface area contributed by atoms with E-state index in [0.717, 1.165) is 0 Å². The minimum atomic E-state index is -0.916. The Labute approximate surface area is 164 Å². The minimum absolute atomic E-state index is 0.0409. The van der Waals surface area contributed by atoms with Crippen LogP contribution in [0.4, 0.5) is 37.4 Å². The molecule has 0 aliphatic heterocycles. The monoisotopic (exact) mass is 403 g/mol. The highest BCUT2D eigenvalue weighted by Gasteiger charge is 2.13. The predicted octanol–water partition coefficient (Wildman–Crippen LogP) is 4.00. The molecule has 0 unspecified atom stereocenters. The van der Waals surface area contributed by atoms with Crippen LogP contribution in [0.15, 0.2) is 46.6 Å². The van der Waals surface area contributed by atoms with Crippen LogP contribution in [0.25, 0.3) is 0 Å². The number of rotatable bonds is 5. The Morgan fingerprint density at radius 2 is 1.48 bits per heavy atom. The van der Waals surface area contributed by atoms with Gasteiger partial charge in [-0.15, -0.1) is 10.2 Å². The third-order valence-electron chi connectivity index (χ3n) is 3.19. The largest absolute Gasteiger partial charge is 0.513 e. The zero-order chi connectivity index (χ0) is 21.2. The van der Waals surface area contributed by atoms with Crippen molar-refractivity contribution >= 4 is 41.4 Å². The molecule has 0 saturated heterocycles. The van der Waals surface area contributed by atoms with E-state index < -0.39 is 18.3 Å². The van der Waals surface area contributed by atoms with Gasteiger partial charge in [0.1, 0.15) is 17.2 Å². The number of methoxy groups -OCH3 is 3. The molecule has 152 valence electrons. The third kappa shape index (κ3) is 6.16. The number of nitrogens with one attached hydrogen (secondary N) is 2. The maximum Gasteiger partial charge on any atom is 0.513 e. The Hall–Kier alpha value is -4.22. The number of benzene rings is 1. The Kier molecular flexibility index (Phi) is 7.42. The lowest BCUT2D eigenvalue weighted by Crippen LogP contribution is -2.15. The Morgan fingerprint density at radius 1 is 0.828 bits per heavy atom. The standard InChI is InChI=1S/C17H17N5O7/c1-26-15(23)19-13-9-8-11(14(18-13)20-16(24)27-2)22-21-10-6-4-5-7-12(10)29-17(25)28-3/h4-9H,1-3H3,(H2,18,19,20,23,24)/b22-21+. The van der Waals surface area contributed by atoms with Gasteiger partial charge in [0.05, 0.1) is 21.3 Å². The Morgan fingerprint density at radius 3 is 2.17 bits per heavy atom. The maximum absolute atomic E-state index is 11.6. The molecule has 1 heterocycles. The van der Waals surface area contributed by atoms with Crippen LogP contribution in [-0.4, -0.2) is 44.7 Å². The fourth-order valence-corrected chi connectivity index (χ4v) is 1.86. The Bertz CT molecular complexity index is 932. The third-order valence-corrected chi connectivity index (χ3v) is 3.19. The number of aromatic nitrogens is 1. The molecule has 1 aromatic heterocycles. The first-order valence-corrected chi connectivity index (χ1v) is 7.94. The molecule has 12 nitrogen and oxygen atoms in total. The average molecular weight is 403 g/mol. The molecule has 2 amide bonds. The van der Waals surface area contributed by atoms with Gasteiger partial charge in [-0.25, -0.2) is 19.4 Å². The topological polar surface area (TPSA) is 150 Å². The molecule has 0 aliphatic rings. The second-order valence-corrected chi connectivity index (χ2v) is 5.02. The van der Waals surface area contributed by atoms with Crippen LogP contribution >= 0.6 is 0 Å². The van der Waals surface area contributed by atoms with Crippen molar-refractivity contribution in [3.05, 3.63) is 36.4 Å². The summed E-state index contributed by atoms with van der Waals surface area (Å²) >= 11 is 0. The van der Waals surface area contributed by atoms with Crippen LogP contribution in [-0.2, 0) is 14.2 Å². The van der Waals surface area contributed by atoms with Crippen LogP contribution in [0.3, 0.4) is 0 Å². The summed E-state index contributed by atoms with van der Waals surface area (Å²) in [6, 6.07) is 9.21. The summed E-state index contributed by atoms with van der Waals surface area (Å²) in [7, 11) is 3.54. The highest BCUT2D eigenvalue weighted by molar-refractivity contribution is 5.89. The van der Waals surface area contributed by atoms with Crippen LogP contribution in [0.2, 0.25) is 0 Å². The molecule has 12 heteroatoms. The molecule has 0 aliphatic carbocycles. The maximum atomic E-state index is 11.6. The number of nitrogens with zero attached hydrogens (tertiary/aromatic N) is 3. The van der Waals surface area contributed by atoms with Crippen LogP contribution in [0.5, 0.6) is 5.75 Å². The molecule has 1 aromatic carbocycles. The highest BCUT2D eigenvalue weighted by Crippen LogP contribution is 2.31. The van der Waals surface area contributed by atoms with Gasteiger partial charge in [0.15, 0.2) is 11.6 Å². The Balaban J connectivity index is 2.34. The van der Waals surface area contributed by atoms with E-state index in [2.05, 4.69) is 40.1 Å². The van der Waals surface area contributed by atoms with E-state index in [1.165, 1.54) is 39.5 Å². The van der Waals surface area contributed by atoms with Crippen molar-refractivity contribution in [2.24, 2.45) is 10.2 Å². The van der Waals surface area contributed by atoms with E-state index in [-0.39, 0.29) is 28.8 Å². The summed E-state index contributed by atoms with van der Waals surface area (Å²) in [6.07, 6.45) is -2.47. The van der Waals surface area contributed by atoms with Gasteiger partial charge in [0.2, 0.25) is 0 Å². The summed E-state index contributed by atoms with van der Waals surface area (Å²) < 4.78 is 18.5. The zero-order valence-electron chi connectivity index (χ0n) is 15.7.